The molecule has 1 atom stereocenters. The van der Waals surface area contributed by atoms with Gasteiger partial charge in [-0.3, -0.25) is 0 Å². The number of aryl methyl sites for hydroxylation is 2. The van der Waals surface area contributed by atoms with Crippen LogP contribution >= 0.6 is 0 Å². The van der Waals surface area contributed by atoms with E-state index in [4.69, 9.17) is 0 Å². The summed E-state index contributed by atoms with van der Waals surface area (Å²) >= 11 is 0. The summed E-state index contributed by atoms with van der Waals surface area (Å²) in [5, 5.41) is 13.4. The summed E-state index contributed by atoms with van der Waals surface area (Å²) < 4.78 is 0. The highest BCUT2D eigenvalue weighted by Gasteiger charge is 2.20. The Morgan fingerprint density at radius 1 is 1.25 bits per heavy atom. The smallest absolute Gasteiger partial charge is 0.0783 e. The number of aliphatic hydroxyl groups is 1. The van der Waals surface area contributed by atoms with Crippen LogP contribution in [0.15, 0.2) is 18.2 Å². The molecular formula is C14H23NO. The molecule has 0 radical (unpaired) electrons. The van der Waals surface area contributed by atoms with Crippen molar-refractivity contribution in [1.29, 1.82) is 0 Å². The van der Waals surface area contributed by atoms with Gasteiger partial charge in [0.1, 0.15) is 0 Å². The van der Waals surface area contributed by atoms with Crippen LogP contribution in [0.1, 0.15) is 30.5 Å². The second-order valence-electron chi connectivity index (χ2n) is 4.87. The van der Waals surface area contributed by atoms with Crippen molar-refractivity contribution in [2.45, 2.75) is 39.7 Å². The van der Waals surface area contributed by atoms with Gasteiger partial charge in [0.25, 0.3) is 0 Å². The number of hydrogen-bond acceptors (Lipinski definition) is 2. The predicted molar refractivity (Wildman–Crippen MR) is 68.8 cm³/mol. The molecule has 16 heavy (non-hydrogen) atoms. The lowest BCUT2D eigenvalue weighted by molar-refractivity contribution is 0.0607. The standard InChI is InChI=1S/C14H23NO/c1-5-15-10-14(4,16)9-13-7-6-11(2)12(3)8-13/h6-8,15-16H,5,9-10H2,1-4H3. The highest BCUT2D eigenvalue weighted by molar-refractivity contribution is 5.30. The van der Waals surface area contributed by atoms with E-state index < -0.39 is 5.60 Å². The van der Waals surface area contributed by atoms with E-state index in [1.165, 1.54) is 16.7 Å². The van der Waals surface area contributed by atoms with Gasteiger partial charge in [0.2, 0.25) is 0 Å². The van der Waals surface area contributed by atoms with Gasteiger partial charge >= 0.3 is 0 Å². The van der Waals surface area contributed by atoms with Crippen molar-refractivity contribution in [3.8, 4) is 0 Å². The molecule has 0 amide bonds. The topological polar surface area (TPSA) is 32.3 Å². The summed E-state index contributed by atoms with van der Waals surface area (Å²) in [5.41, 5.74) is 3.12. The number of hydrogen-bond donors (Lipinski definition) is 2. The molecule has 1 aromatic rings. The first-order valence-electron chi connectivity index (χ1n) is 5.94. The lowest BCUT2D eigenvalue weighted by Gasteiger charge is -2.24. The molecular weight excluding hydrogens is 198 g/mol. The SMILES string of the molecule is CCNCC(C)(O)Cc1ccc(C)c(C)c1. The molecule has 0 spiro atoms. The summed E-state index contributed by atoms with van der Waals surface area (Å²) in [6.07, 6.45) is 0.696. The summed E-state index contributed by atoms with van der Waals surface area (Å²) in [7, 11) is 0. The average Bonchev–Trinajstić information content (AvgIpc) is 2.20. The van der Waals surface area contributed by atoms with E-state index in [2.05, 4.69) is 37.4 Å². The first-order valence-corrected chi connectivity index (χ1v) is 5.94. The van der Waals surface area contributed by atoms with Crippen molar-refractivity contribution in [1.82, 2.24) is 5.32 Å². The third kappa shape index (κ3) is 3.95. The first kappa shape index (κ1) is 13.2. The summed E-state index contributed by atoms with van der Waals surface area (Å²) in [5.74, 6) is 0. The van der Waals surface area contributed by atoms with Crippen LogP contribution in [-0.4, -0.2) is 23.8 Å². The van der Waals surface area contributed by atoms with Crippen LogP contribution in [0.2, 0.25) is 0 Å². The third-order valence-corrected chi connectivity index (χ3v) is 2.91. The average molecular weight is 221 g/mol. The maximum absolute atomic E-state index is 10.2. The van der Waals surface area contributed by atoms with Gasteiger partial charge in [-0.2, -0.15) is 0 Å². The minimum absolute atomic E-state index is 0.635. The Morgan fingerprint density at radius 2 is 1.94 bits per heavy atom. The van der Waals surface area contributed by atoms with Gasteiger partial charge in [-0.05, 0) is 44.0 Å². The maximum Gasteiger partial charge on any atom is 0.0783 e. The quantitative estimate of drug-likeness (QED) is 0.799. The molecule has 0 fully saturated rings. The van der Waals surface area contributed by atoms with Crippen LogP contribution in [-0.2, 0) is 6.42 Å². The van der Waals surface area contributed by atoms with Crippen LogP contribution in [0.25, 0.3) is 0 Å². The van der Waals surface area contributed by atoms with Gasteiger partial charge < -0.3 is 10.4 Å². The maximum atomic E-state index is 10.2. The van der Waals surface area contributed by atoms with Gasteiger partial charge in [0, 0.05) is 13.0 Å². The number of rotatable bonds is 5. The van der Waals surface area contributed by atoms with Crippen LogP contribution in [0.3, 0.4) is 0 Å². The van der Waals surface area contributed by atoms with E-state index in [0.717, 1.165) is 6.54 Å². The zero-order valence-corrected chi connectivity index (χ0v) is 10.8. The fraction of sp³-hybridized carbons (Fsp3) is 0.571. The Balaban J connectivity index is 2.68. The molecule has 0 aromatic heterocycles. The summed E-state index contributed by atoms with van der Waals surface area (Å²) in [4.78, 5) is 0. The Morgan fingerprint density at radius 3 is 2.50 bits per heavy atom. The van der Waals surface area contributed by atoms with Gasteiger partial charge in [-0.25, -0.2) is 0 Å². The number of benzene rings is 1. The Labute approximate surface area is 98.7 Å². The minimum Gasteiger partial charge on any atom is -0.389 e. The second-order valence-corrected chi connectivity index (χ2v) is 4.87. The Kier molecular flexibility index (Phi) is 4.51. The molecule has 1 aromatic carbocycles. The van der Waals surface area contributed by atoms with Crippen molar-refractivity contribution in [3.05, 3.63) is 34.9 Å². The van der Waals surface area contributed by atoms with Gasteiger partial charge in [0.05, 0.1) is 5.60 Å². The van der Waals surface area contributed by atoms with Crippen molar-refractivity contribution in [2.75, 3.05) is 13.1 Å². The number of likely N-dealkylation sites (N-methyl/N-ethyl adjacent to an activating group) is 1. The van der Waals surface area contributed by atoms with Crippen LogP contribution in [0.5, 0.6) is 0 Å². The van der Waals surface area contributed by atoms with E-state index in [-0.39, 0.29) is 0 Å². The zero-order valence-electron chi connectivity index (χ0n) is 10.8. The highest BCUT2D eigenvalue weighted by atomic mass is 16.3. The van der Waals surface area contributed by atoms with Gasteiger partial charge in [-0.15, -0.1) is 0 Å². The molecule has 0 aliphatic heterocycles. The molecule has 0 aliphatic rings. The first-order chi connectivity index (χ1) is 7.44. The van der Waals surface area contributed by atoms with Crippen LogP contribution in [0.4, 0.5) is 0 Å². The molecule has 0 heterocycles. The van der Waals surface area contributed by atoms with E-state index in [0.29, 0.717) is 13.0 Å². The lowest BCUT2D eigenvalue weighted by atomic mass is 9.94. The third-order valence-electron chi connectivity index (χ3n) is 2.91. The Hall–Kier alpha value is -0.860. The molecule has 0 saturated carbocycles. The van der Waals surface area contributed by atoms with E-state index in [9.17, 15) is 5.11 Å². The molecule has 2 nitrogen and oxygen atoms in total. The van der Waals surface area contributed by atoms with Gasteiger partial charge in [-0.1, -0.05) is 25.1 Å². The van der Waals surface area contributed by atoms with Crippen molar-refractivity contribution >= 4 is 0 Å². The Bertz CT molecular complexity index is 345. The van der Waals surface area contributed by atoms with Crippen molar-refractivity contribution < 1.29 is 5.11 Å². The fourth-order valence-corrected chi connectivity index (χ4v) is 1.81. The van der Waals surface area contributed by atoms with Gasteiger partial charge in [0.15, 0.2) is 0 Å². The van der Waals surface area contributed by atoms with E-state index in [1.807, 2.05) is 13.8 Å². The molecule has 1 rings (SSSR count). The summed E-state index contributed by atoms with van der Waals surface area (Å²) in [6, 6.07) is 6.38. The number of nitrogens with one attached hydrogen (secondary N) is 1. The molecule has 90 valence electrons. The normalized spacial score (nSPS) is 14.8. The lowest BCUT2D eigenvalue weighted by Crippen LogP contribution is -2.39. The molecule has 2 heteroatoms. The van der Waals surface area contributed by atoms with Crippen molar-refractivity contribution in [2.24, 2.45) is 0 Å². The van der Waals surface area contributed by atoms with E-state index in [1.54, 1.807) is 0 Å². The molecule has 0 saturated heterocycles. The van der Waals surface area contributed by atoms with Crippen molar-refractivity contribution in [3.63, 3.8) is 0 Å². The molecule has 0 bridgehead atoms. The molecule has 1 unspecified atom stereocenters. The monoisotopic (exact) mass is 221 g/mol. The highest BCUT2D eigenvalue weighted by Crippen LogP contribution is 2.16. The largest absolute Gasteiger partial charge is 0.389 e. The minimum atomic E-state index is -0.669. The fourth-order valence-electron chi connectivity index (χ4n) is 1.81. The second kappa shape index (κ2) is 5.46. The summed E-state index contributed by atoms with van der Waals surface area (Å²) in [6.45, 7) is 9.67. The van der Waals surface area contributed by atoms with Crippen LogP contribution in [0, 0.1) is 13.8 Å². The molecule has 2 N–H and O–H groups in total. The molecule has 0 aliphatic carbocycles. The van der Waals surface area contributed by atoms with E-state index >= 15 is 0 Å². The predicted octanol–water partition coefficient (Wildman–Crippen LogP) is 2.21. The van der Waals surface area contributed by atoms with Crippen LogP contribution < -0.4 is 5.32 Å². The zero-order chi connectivity index (χ0) is 12.2.